The van der Waals surface area contributed by atoms with Crippen LogP contribution in [0.5, 0.6) is 0 Å². The molecule has 1 heterocycles. The van der Waals surface area contributed by atoms with Gasteiger partial charge in [-0.15, -0.1) is 0 Å². The van der Waals surface area contributed by atoms with E-state index in [1.807, 2.05) is 18.2 Å². The van der Waals surface area contributed by atoms with Crippen molar-refractivity contribution in [3.05, 3.63) is 41.7 Å². The van der Waals surface area contributed by atoms with Crippen LogP contribution >= 0.6 is 15.9 Å². The number of aliphatic hydroxyl groups is 2. The summed E-state index contributed by atoms with van der Waals surface area (Å²) in [5.74, 6) is -0.276. The van der Waals surface area contributed by atoms with E-state index in [9.17, 15) is 19.8 Å². The van der Waals surface area contributed by atoms with Gasteiger partial charge in [0.15, 0.2) is 17.9 Å². The van der Waals surface area contributed by atoms with E-state index < -0.39 is 12.2 Å². The number of nitrogens with zero attached hydrogens (tertiary/aromatic N) is 1. The zero-order valence-electron chi connectivity index (χ0n) is 28.9. The average Bonchev–Trinajstić information content (AvgIpc) is 3.26. The van der Waals surface area contributed by atoms with Gasteiger partial charge < -0.3 is 36.7 Å². The van der Waals surface area contributed by atoms with Crippen molar-refractivity contribution in [2.75, 3.05) is 7.11 Å². The van der Waals surface area contributed by atoms with Gasteiger partial charge in [0, 0.05) is 38.5 Å². The highest BCUT2D eigenvalue weighted by atomic mass is 79.9. The average molecular weight is 770 g/mol. The molecule has 2 N–H and O–H groups in total. The van der Waals surface area contributed by atoms with Crippen molar-refractivity contribution >= 4 is 27.9 Å². The van der Waals surface area contributed by atoms with Crippen LogP contribution in [-0.2, 0) is 24.6 Å². The summed E-state index contributed by atoms with van der Waals surface area (Å²) in [4.78, 5) is 26.3. The smallest absolute Gasteiger partial charge is 0.333 e. The molecule has 0 bridgehead atoms. The zero-order valence-corrected chi connectivity index (χ0v) is 32.1. The Morgan fingerprint density at radius 3 is 2.33 bits per heavy atom. The minimum atomic E-state index is -0.564. The quantitative estimate of drug-likeness (QED) is 0.192. The number of pyridine rings is 1. The standard InChI is InChI=1S/C37H55BrNO6.BrH/c1-22-25-14-17-36(6)32(35(25,5)16-15-27(22)41)28(42)20-26-31(29(45-23(2)40)21-37(26,36)7)24(33(43)44-8)12-13-30(38)34(3,4)39-18-10-9-11-19-39;/h9-11,18-19,22,25-30,32,41-42H,12-17,20-21H2,1-8H3;1H/q+1;/p-1/b31-24-;/t22-,25?,26?,27+,28+,29-,30?,32?,35-,36-,37-;/m0./s1. The van der Waals surface area contributed by atoms with E-state index in [-0.39, 0.29) is 79.4 Å². The summed E-state index contributed by atoms with van der Waals surface area (Å²) in [7, 11) is 1.42. The summed E-state index contributed by atoms with van der Waals surface area (Å²) >= 11 is 3.95. The molecule has 4 saturated carbocycles. The molecule has 0 amide bonds. The second-order valence-corrected chi connectivity index (χ2v) is 17.1. The van der Waals surface area contributed by atoms with Gasteiger partial charge in [-0.05, 0) is 96.9 Å². The van der Waals surface area contributed by atoms with E-state index in [2.05, 4.69) is 74.4 Å². The van der Waals surface area contributed by atoms with E-state index in [1.165, 1.54) is 14.0 Å². The predicted molar refractivity (Wildman–Crippen MR) is 176 cm³/mol. The fourth-order valence-corrected chi connectivity index (χ4v) is 11.4. The third-order valence-electron chi connectivity index (χ3n) is 13.6. The number of hydrogen-bond donors (Lipinski definition) is 2. The summed E-state index contributed by atoms with van der Waals surface area (Å²) < 4.78 is 13.7. The number of hydrogen-bond acceptors (Lipinski definition) is 6. The Bertz CT molecular complexity index is 1320. The minimum absolute atomic E-state index is 0. The van der Waals surface area contributed by atoms with Gasteiger partial charge in [0.1, 0.15) is 6.10 Å². The number of rotatable bonds is 7. The van der Waals surface area contributed by atoms with Gasteiger partial charge in [0.2, 0.25) is 0 Å². The monoisotopic (exact) mass is 767 g/mol. The molecule has 46 heavy (non-hydrogen) atoms. The number of carbonyl (C=O) groups is 2. The Hall–Kier alpha value is -1.29. The molecule has 0 aliphatic heterocycles. The molecule has 1 aromatic rings. The fraction of sp³-hybridized carbons (Fsp3) is 0.757. The molecule has 0 spiro atoms. The second-order valence-electron chi connectivity index (χ2n) is 16.0. The first-order chi connectivity index (χ1) is 21.0. The first-order valence-electron chi connectivity index (χ1n) is 17.0. The highest BCUT2D eigenvalue weighted by molar-refractivity contribution is 9.09. The molecule has 258 valence electrons. The first kappa shape index (κ1) is 37.5. The SMILES string of the molecule is COC(=O)/C(CCC(Br)C(C)(C)[n+]1ccccc1)=C1/C2C[C@@H](O)C3[C@@]4(C)CC[C@@H](O)[C@@H](C)C4CC[C@]3(C)[C@@]2(C)C[C@@H]1OC(C)=O.[Br-]. The van der Waals surface area contributed by atoms with Crippen LogP contribution in [0.4, 0.5) is 0 Å². The second kappa shape index (κ2) is 13.5. The predicted octanol–water partition coefficient (Wildman–Crippen LogP) is 3.28. The number of aromatic nitrogens is 1. The van der Waals surface area contributed by atoms with Crippen molar-refractivity contribution in [1.82, 2.24) is 0 Å². The van der Waals surface area contributed by atoms with Crippen LogP contribution in [0.2, 0.25) is 0 Å². The summed E-state index contributed by atoms with van der Waals surface area (Å²) in [6.45, 7) is 15.0. The lowest BCUT2D eigenvalue weighted by molar-refractivity contribution is -0.757. The Labute approximate surface area is 294 Å². The van der Waals surface area contributed by atoms with Crippen molar-refractivity contribution in [2.24, 2.45) is 39.9 Å². The number of fused-ring (bicyclic) bond motifs is 5. The number of ether oxygens (including phenoxy) is 2. The topological polar surface area (TPSA) is 96.9 Å². The minimum Gasteiger partial charge on any atom is -1.00 e. The summed E-state index contributed by atoms with van der Waals surface area (Å²) in [5.41, 5.74) is 0.520. The van der Waals surface area contributed by atoms with E-state index in [1.54, 1.807) is 0 Å². The number of methoxy groups -OCH3 is 1. The van der Waals surface area contributed by atoms with E-state index in [0.29, 0.717) is 37.2 Å². The lowest BCUT2D eigenvalue weighted by atomic mass is 9.36. The number of carbonyl (C=O) groups excluding carboxylic acids is 2. The Balaban J connectivity index is 0.00000480. The molecule has 4 fully saturated rings. The van der Waals surface area contributed by atoms with Gasteiger partial charge in [0.05, 0.1) is 24.1 Å². The van der Waals surface area contributed by atoms with Crippen molar-refractivity contribution in [2.45, 2.75) is 129 Å². The lowest BCUT2D eigenvalue weighted by Gasteiger charge is -2.69. The molecule has 5 rings (SSSR count). The van der Waals surface area contributed by atoms with Crippen LogP contribution in [-0.4, -0.2) is 52.4 Å². The highest BCUT2D eigenvalue weighted by Gasteiger charge is 2.71. The zero-order chi connectivity index (χ0) is 33.1. The molecular formula is C37H55Br2NO6. The molecule has 4 unspecified atom stereocenters. The maximum atomic E-state index is 13.7. The normalized spacial score (nSPS) is 40.4. The third-order valence-corrected chi connectivity index (χ3v) is 15.2. The lowest BCUT2D eigenvalue weighted by Crippen LogP contribution is -3.00. The van der Waals surface area contributed by atoms with Crippen LogP contribution in [0.15, 0.2) is 41.7 Å². The summed E-state index contributed by atoms with van der Waals surface area (Å²) in [5, 5.41) is 23.0. The van der Waals surface area contributed by atoms with Crippen molar-refractivity contribution in [3.63, 3.8) is 0 Å². The fourth-order valence-electron chi connectivity index (χ4n) is 11.0. The molecule has 0 radical (unpaired) electrons. The van der Waals surface area contributed by atoms with Crippen LogP contribution in [0.3, 0.4) is 0 Å². The highest BCUT2D eigenvalue weighted by Crippen LogP contribution is 2.74. The number of esters is 2. The Morgan fingerprint density at radius 1 is 1.07 bits per heavy atom. The van der Waals surface area contributed by atoms with Crippen LogP contribution < -0.4 is 21.5 Å². The van der Waals surface area contributed by atoms with Crippen molar-refractivity contribution < 1.29 is 50.8 Å². The molecular weight excluding hydrogens is 714 g/mol. The van der Waals surface area contributed by atoms with E-state index >= 15 is 0 Å². The van der Waals surface area contributed by atoms with Crippen molar-refractivity contribution in [3.8, 4) is 0 Å². The number of alkyl halides is 1. The molecule has 4 aliphatic carbocycles. The van der Waals surface area contributed by atoms with Crippen molar-refractivity contribution in [1.29, 1.82) is 0 Å². The summed E-state index contributed by atoms with van der Waals surface area (Å²) in [6, 6.07) is 6.02. The molecule has 0 aromatic carbocycles. The third kappa shape index (κ3) is 5.95. The van der Waals surface area contributed by atoms with Gasteiger partial charge >= 0.3 is 11.9 Å². The largest absolute Gasteiger partial charge is 1.00 e. The van der Waals surface area contributed by atoms with Crippen LogP contribution in [0.25, 0.3) is 0 Å². The van der Waals surface area contributed by atoms with E-state index in [0.717, 1.165) is 31.3 Å². The molecule has 11 atom stereocenters. The van der Waals surface area contributed by atoms with Gasteiger partial charge in [-0.25, -0.2) is 4.79 Å². The van der Waals surface area contributed by atoms with Gasteiger partial charge in [0.25, 0.3) is 0 Å². The van der Waals surface area contributed by atoms with Crippen LogP contribution in [0.1, 0.15) is 99.8 Å². The molecule has 4 aliphatic rings. The summed E-state index contributed by atoms with van der Waals surface area (Å²) in [6.07, 6.45) is 8.55. The molecule has 1 aromatic heterocycles. The molecule has 7 nitrogen and oxygen atoms in total. The van der Waals surface area contributed by atoms with Gasteiger partial charge in [-0.3, -0.25) is 4.79 Å². The number of halogens is 2. The Morgan fingerprint density at radius 2 is 1.72 bits per heavy atom. The van der Waals surface area contributed by atoms with Crippen LogP contribution in [0, 0.1) is 39.9 Å². The van der Waals surface area contributed by atoms with Gasteiger partial charge in [-0.2, -0.15) is 4.57 Å². The maximum absolute atomic E-state index is 13.7. The first-order valence-corrected chi connectivity index (χ1v) is 17.9. The number of aliphatic hydroxyl groups excluding tert-OH is 2. The molecule has 9 heteroatoms. The molecule has 0 saturated heterocycles. The maximum Gasteiger partial charge on any atom is 0.333 e. The Kier molecular flexibility index (Phi) is 11.1. The van der Waals surface area contributed by atoms with Gasteiger partial charge in [-0.1, -0.05) is 49.7 Å². The van der Waals surface area contributed by atoms with E-state index in [4.69, 9.17) is 9.47 Å².